The molecule has 6 heteroatoms. The summed E-state index contributed by atoms with van der Waals surface area (Å²) in [6.45, 7) is 2.15. The molecule has 0 heterocycles. The Labute approximate surface area is 135 Å². The molecule has 0 aliphatic carbocycles. The van der Waals surface area contributed by atoms with Crippen LogP contribution < -0.4 is 5.30 Å². The van der Waals surface area contributed by atoms with Crippen molar-refractivity contribution in [1.29, 1.82) is 0 Å². The van der Waals surface area contributed by atoms with E-state index in [1.54, 1.807) is 6.07 Å². The average molecular weight is 354 g/mol. The van der Waals surface area contributed by atoms with Crippen molar-refractivity contribution in [2.24, 2.45) is 0 Å². The lowest BCUT2D eigenvalue weighted by atomic mass is 10.1. The van der Waals surface area contributed by atoms with Gasteiger partial charge in [0.05, 0.1) is 5.56 Å². The second-order valence-corrected chi connectivity index (χ2v) is 12.3. The van der Waals surface area contributed by atoms with E-state index in [1.165, 1.54) is 31.4 Å². The molecular formula is C15H22F3PS2. The normalized spacial score (nSPS) is 14.9. The zero-order chi connectivity index (χ0) is 15.9. The highest BCUT2D eigenvalue weighted by atomic mass is 32.9. The van der Waals surface area contributed by atoms with E-state index in [9.17, 15) is 13.2 Å². The van der Waals surface area contributed by atoms with Gasteiger partial charge in [0.2, 0.25) is 0 Å². The van der Waals surface area contributed by atoms with Crippen molar-refractivity contribution < 1.29 is 13.2 Å². The van der Waals surface area contributed by atoms with Gasteiger partial charge >= 0.3 is 6.18 Å². The highest BCUT2D eigenvalue weighted by Gasteiger charge is 2.35. The van der Waals surface area contributed by atoms with Gasteiger partial charge in [-0.25, -0.2) is 0 Å². The van der Waals surface area contributed by atoms with Crippen LogP contribution in [0.4, 0.5) is 13.2 Å². The predicted octanol–water partition coefficient (Wildman–Crippen LogP) is 6.02. The number of benzene rings is 1. The minimum absolute atomic E-state index is 0.212. The maximum atomic E-state index is 13.0. The minimum Gasteiger partial charge on any atom is -0.166 e. The van der Waals surface area contributed by atoms with Crippen molar-refractivity contribution in [2.45, 2.75) is 51.6 Å². The van der Waals surface area contributed by atoms with Crippen LogP contribution in [0, 0.1) is 0 Å². The number of hydrogen-bond acceptors (Lipinski definition) is 1. The van der Waals surface area contributed by atoms with Crippen LogP contribution in [0.2, 0.25) is 0 Å². The zero-order valence-corrected chi connectivity index (χ0v) is 14.8. The molecule has 0 radical (unpaired) electrons. The lowest BCUT2D eigenvalue weighted by Crippen LogP contribution is -2.19. The Hall–Kier alpha value is 0.01000. The monoisotopic (exact) mass is 354 g/mol. The topological polar surface area (TPSA) is 0 Å². The highest BCUT2D eigenvalue weighted by molar-refractivity contribution is 8.65. The molecule has 0 fully saturated rings. The van der Waals surface area contributed by atoms with Crippen LogP contribution in [0.3, 0.4) is 0 Å². The molecule has 21 heavy (non-hydrogen) atoms. The van der Waals surface area contributed by atoms with Crippen molar-refractivity contribution in [2.75, 3.05) is 6.16 Å². The molecule has 0 saturated carbocycles. The third kappa shape index (κ3) is 6.33. The summed E-state index contributed by atoms with van der Waals surface area (Å²) in [5.74, 6) is 0. The van der Waals surface area contributed by atoms with Gasteiger partial charge in [0.25, 0.3) is 0 Å². The Morgan fingerprint density at radius 2 is 1.62 bits per heavy atom. The van der Waals surface area contributed by atoms with Crippen molar-refractivity contribution in [3.63, 3.8) is 0 Å². The largest absolute Gasteiger partial charge is 0.417 e. The third-order valence-corrected chi connectivity index (χ3v) is 7.85. The summed E-state index contributed by atoms with van der Waals surface area (Å²) >= 11 is 9.89. The van der Waals surface area contributed by atoms with Gasteiger partial charge < -0.3 is 0 Å². The maximum absolute atomic E-state index is 13.0. The quantitative estimate of drug-likeness (QED) is 0.339. The minimum atomic E-state index is -4.36. The summed E-state index contributed by atoms with van der Waals surface area (Å²) in [5, 5.41) is -2.21. The molecule has 0 aliphatic heterocycles. The molecule has 0 amide bonds. The van der Waals surface area contributed by atoms with Crippen molar-refractivity contribution >= 4 is 34.6 Å². The maximum Gasteiger partial charge on any atom is 0.417 e. The third-order valence-electron chi connectivity index (χ3n) is 3.40. The zero-order valence-electron chi connectivity index (χ0n) is 12.2. The number of halogens is 3. The van der Waals surface area contributed by atoms with Crippen LogP contribution >= 0.6 is 17.5 Å². The fraction of sp³-hybridized carbons (Fsp3) is 0.600. The van der Waals surface area contributed by atoms with Gasteiger partial charge in [-0.2, -0.15) is 13.2 Å². The Balaban J connectivity index is 2.69. The van der Waals surface area contributed by atoms with E-state index in [-0.39, 0.29) is 5.30 Å². The van der Waals surface area contributed by atoms with E-state index in [0.29, 0.717) is 6.16 Å². The van der Waals surface area contributed by atoms with E-state index < -0.39 is 17.0 Å². The highest BCUT2D eigenvalue weighted by Crippen LogP contribution is 2.53. The number of unbranched alkanes of at least 4 members (excludes halogenated alkanes) is 5. The molecule has 0 aliphatic rings. The van der Waals surface area contributed by atoms with Crippen LogP contribution in [0.5, 0.6) is 0 Å². The Bertz CT molecular complexity index is 486. The van der Waals surface area contributed by atoms with Crippen molar-refractivity contribution in [3.8, 4) is 0 Å². The first-order valence-electron chi connectivity index (χ1n) is 7.27. The van der Waals surface area contributed by atoms with Crippen molar-refractivity contribution in [3.05, 3.63) is 29.8 Å². The summed E-state index contributed by atoms with van der Waals surface area (Å²) < 4.78 is 39.1. The fourth-order valence-electron chi connectivity index (χ4n) is 2.24. The second kappa shape index (κ2) is 8.59. The summed E-state index contributed by atoms with van der Waals surface area (Å²) in [7, 11) is 0. The average Bonchev–Trinajstić information content (AvgIpc) is 2.42. The molecule has 0 N–H and O–H groups in total. The lowest BCUT2D eigenvalue weighted by Gasteiger charge is -2.21. The Morgan fingerprint density at radius 1 is 1.05 bits per heavy atom. The molecule has 1 aromatic carbocycles. The smallest absolute Gasteiger partial charge is 0.166 e. The van der Waals surface area contributed by atoms with E-state index in [4.69, 9.17) is 11.8 Å². The van der Waals surface area contributed by atoms with Crippen LogP contribution in [0.25, 0.3) is 0 Å². The first kappa shape index (κ1) is 19.1. The van der Waals surface area contributed by atoms with E-state index >= 15 is 0 Å². The van der Waals surface area contributed by atoms with Crippen LogP contribution in [0.15, 0.2) is 24.3 Å². The molecule has 1 atom stereocenters. The summed E-state index contributed by atoms with van der Waals surface area (Å²) in [5.41, 5.74) is -0.616. The molecule has 1 rings (SSSR count). The molecule has 0 spiro atoms. The Kier molecular flexibility index (Phi) is 7.80. The molecule has 1 aromatic rings. The molecule has 1 unspecified atom stereocenters. The van der Waals surface area contributed by atoms with Gasteiger partial charge in [0, 0.05) is 10.5 Å². The SMILES string of the molecule is CCCCCCCCP(=S)(S)c1ccccc1C(F)(F)F. The van der Waals surface area contributed by atoms with E-state index in [0.717, 1.165) is 25.3 Å². The molecule has 120 valence electrons. The molecule has 0 nitrogen and oxygen atoms in total. The summed E-state index contributed by atoms with van der Waals surface area (Å²) in [4.78, 5) is 0. The summed E-state index contributed by atoms with van der Waals surface area (Å²) in [6, 6.07) is 5.62. The van der Waals surface area contributed by atoms with Gasteiger partial charge in [0.1, 0.15) is 0 Å². The standard InChI is InChI=1S/C15H22F3PS2/c1-2-3-4-5-6-9-12-19(20,21)14-11-8-7-10-13(14)15(16,17)18/h7-8,10-11H,2-6,9,12H2,1H3,(H,20,21). The first-order valence-corrected chi connectivity index (χ1v) is 11.4. The molecule has 0 saturated heterocycles. The Morgan fingerprint density at radius 3 is 2.24 bits per heavy atom. The number of alkyl halides is 3. The molecular weight excluding hydrogens is 332 g/mol. The second-order valence-electron chi connectivity index (χ2n) is 5.21. The fourth-order valence-corrected chi connectivity index (χ4v) is 5.85. The first-order chi connectivity index (χ1) is 9.79. The van der Waals surface area contributed by atoms with E-state index in [1.807, 2.05) is 0 Å². The molecule has 0 aromatic heterocycles. The predicted molar refractivity (Wildman–Crippen MR) is 92.6 cm³/mol. The van der Waals surface area contributed by atoms with Crippen LogP contribution in [-0.2, 0) is 18.0 Å². The number of rotatable bonds is 8. The van der Waals surface area contributed by atoms with Gasteiger partial charge in [-0.15, -0.1) is 12.2 Å². The van der Waals surface area contributed by atoms with Gasteiger partial charge in [-0.1, -0.05) is 69.0 Å². The van der Waals surface area contributed by atoms with Crippen molar-refractivity contribution in [1.82, 2.24) is 0 Å². The van der Waals surface area contributed by atoms with E-state index in [2.05, 4.69) is 19.2 Å². The lowest BCUT2D eigenvalue weighted by molar-refractivity contribution is -0.136. The van der Waals surface area contributed by atoms with Gasteiger partial charge in [-0.3, -0.25) is 0 Å². The number of hydrogen-bond donors (Lipinski definition) is 1. The van der Waals surface area contributed by atoms with Gasteiger partial charge in [0.15, 0.2) is 0 Å². The van der Waals surface area contributed by atoms with Gasteiger partial charge in [-0.05, 0) is 18.6 Å². The summed E-state index contributed by atoms with van der Waals surface area (Å²) in [6.07, 6.45) is 2.82. The number of thiol groups is 1. The van der Waals surface area contributed by atoms with Crippen LogP contribution in [-0.4, -0.2) is 6.16 Å². The molecule has 0 bridgehead atoms. The van der Waals surface area contributed by atoms with Crippen LogP contribution in [0.1, 0.15) is 51.0 Å².